The Balaban J connectivity index is 1.80. The molecule has 11 nitrogen and oxygen atoms in total. The summed E-state index contributed by atoms with van der Waals surface area (Å²) in [6.45, 7) is 23.0. The van der Waals surface area contributed by atoms with Crippen molar-refractivity contribution in [1.82, 2.24) is 19.6 Å². The van der Waals surface area contributed by atoms with Crippen molar-refractivity contribution in [2.45, 2.75) is 85.7 Å². The molecule has 46 heavy (non-hydrogen) atoms. The third-order valence-electron chi connectivity index (χ3n) is 7.14. The van der Waals surface area contributed by atoms with E-state index in [0.29, 0.717) is 39.3 Å². The van der Waals surface area contributed by atoms with Crippen LogP contribution in [0.3, 0.4) is 0 Å². The maximum Gasteiger partial charge on any atom is 0.320 e. The third-order valence-corrected chi connectivity index (χ3v) is 7.86. The number of carbonyl (C=O) groups excluding carboxylic acids is 3. The Morgan fingerprint density at radius 3 is 1.15 bits per heavy atom. The molecule has 0 bridgehead atoms. The van der Waals surface area contributed by atoms with Crippen LogP contribution < -0.4 is 4.31 Å². The van der Waals surface area contributed by atoms with Gasteiger partial charge in [-0.15, -0.1) is 0 Å². The van der Waals surface area contributed by atoms with Gasteiger partial charge in [-0.2, -0.15) is 0 Å². The molecule has 0 saturated carbocycles. The number of nitrogens with zero attached hydrogens (tertiary/aromatic N) is 5. The van der Waals surface area contributed by atoms with Crippen molar-refractivity contribution in [2.24, 2.45) is 0 Å². The van der Waals surface area contributed by atoms with E-state index in [2.05, 4.69) is 43.3 Å². The number of rotatable bonds is 9. The predicted molar refractivity (Wildman–Crippen MR) is 184 cm³/mol. The molecule has 260 valence electrons. The lowest BCUT2D eigenvalue weighted by atomic mass is 10.2. The van der Waals surface area contributed by atoms with Crippen molar-refractivity contribution in [3.8, 4) is 0 Å². The van der Waals surface area contributed by atoms with Crippen LogP contribution in [0.1, 0.15) is 67.9 Å². The van der Waals surface area contributed by atoms with Gasteiger partial charge in [0.15, 0.2) is 0 Å². The maximum atomic E-state index is 12.9. The fourth-order valence-corrected chi connectivity index (χ4v) is 5.56. The molecule has 2 aliphatic rings. The fraction of sp³-hybridized carbons (Fsp3) is 0.735. The minimum absolute atomic E-state index is 0.121. The molecule has 0 aromatic heterocycles. The molecular weight excluding hydrogens is 606 g/mol. The topological polar surface area (TPSA) is 94.9 Å². The Morgan fingerprint density at radius 1 is 0.565 bits per heavy atom. The Morgan fingerprint density at radius 2 is 0.870 bits per heavy atom. The Hall–Kier alpha value is -2.38. The summed E-state index contributed by atoms with van der Waals surface area (Å²) < 4.78 is 19.2. The molecule has 2 saturated heterocycles. The van der Waals surface area contributed by atoms with Gasteiger partial charge in [-0.3, -0.25) is 34.0 Å². The summed E-state index contributed by atoms with van der Waals surface area (Å²) in [5, 5.41) is 0. The highest BCUT2D eigenvalue weighted by Gasteiger charge is 2.26. The van der Waals surface area contributed by atoms with Gasteiger partial charge in [-0.1, -0.05) is 12.1 Å². The molecule has 0 amide bonds. The average molecular weight is 664 g/mol. The SMILES string of the molecule is CC(C)(C)OC(=O)CN1CCN(CC(=O)OC(C)(C)C)CCN(Cc2ccc(N3CS3)cc2)CCN(CC(=O)OC(C)(C)C)CC1. The van der Waals surface area contributed by atoms with Gasteiger partial charge in [0.05, 0.1) is 25.5 Å². The average Bonchev–Trinajstić information content (AvgIpc) is 3.73. The Kier molecular flexibility index (Phi) is 13.8. The predicted octanol–water partition coefficient (Wildman–Crippen LogP) is 3.86. The van der Waals surface area contributed by atoms with Crippen LogP contribution >= 0.6 is 11.9 Å². The summed E-state index contributed by atoms with van der Waals surface area (Å²) >= 11 is 1.81. The largest absolute Gasteiger partial charge is 0.459 e. The first-order chi connectivity index (χ1) is 21.3. The van der Waals surface area contributed by atoms with Crippen molar-refractivity contribution in [2.75, 3.05) is 82.2 Å². The van der Waals surface area contributed by atoms with Gasteiger partial charge in [0.1, 0.15) is 16.8 Å². The number of ether oxygens (including phenoxy) is 3. The molecule has 0 atom stereocenters. The zero-order valence-corrected chi connectivity index (χ0v) is 30.4. The van der Waals surface area contributed by atoms with E-state index in [9.17, 15) is 14.4 Å². The minimum atomic E-state index is -0.590. The second-order valence-corrected chi connectivity index (χ2v) is 16.1. The second kappa shape index (κ2) is 16.6. The van der Waals surface area contributed by atoms with E-state index in [1.165, 1.54) is 11.3 Å². The van der Waals surface area contributed by atoms with Crippen molar-refractivity contribution in [3.05, 3.63) is 29.8 Å². The molecule has 2 heterocycles. The van der Waals surface area contributed by atoms with E-state index in [4.69, 9.17) is 14.2 Å². The van der Waals surface area contributed by atoms with Crippen LogP contribution in [0.2, 0.25) is 0 Å². The number of carbonyl (C=O) groups is 3. The van der Waals surface area contributed by atoms with E-state index in [0.717, 1.165) is 25.5 Å². The van der Waals surface area contributed by atoms with Crippen LogP contribution in [0.4, 0.5) is 5.69 Å². The lowest BCUT2D eigenvalue weighted by Gasteiger charge is -2.34. The lowest BCUT2D eigenvalue weighted by Crippen LogP contribution is -2.49. The maximum absolute atomic E-state index is 12.9. The summed E-state index contributed by atoms with van der Waals surface area (Å²) in [7, 11) is 0. The van der Waals surface area contributed by atoms with Gasteiger partial charge in [0.2, 0.25) is 0 Å². The number of hydrogen-bond acceptors (Lipinski definition) is 12. The summed E-state index contributed by atoms with van der Waals surface area (Å²) in [6, 6.07) is 8.68. The second-order valence-electron chi connectivity index (χ2n) is 15.2. The van der Waals surface area contributed by atoms with Crippen LogP contribution in [-0.2, 0) is 35.1 Å². The van der Waals surface area contributed by atoms with E-state index >= 15 is 0 Å². The molecule has 1 aromatic carbocycles. The zero-order chi connectivity index (χ0) is 34.1. The van der Waals surface area contributed by atoms with Crippen molar-refractivity contribution in [3.63, 3.8) is 0 Å². The molecule has 12 heteroatoms. The number of esters is 3. The van der Waals surface area contributed by atoms with E-state index < -0.39 is 16.8 Å². The lowest BCUT2D eigenvalue weighted by molar-refractivity contribution is -0.158. The first kappa shape index (κ1) is 38.1. The van der Waals surface area contributed by atoms with Gasteiger partial charge in [0, 0.05) is 64.6 Å². The Labute approximate surface area is 281 Å². The van der Waals surface area contributed by atoms with Crippen LogP contribution in [0.5, 0.6) is 0 Å². The monoisotopic (exact) mass is 663 g/mol. The van der Waals surface area contributed by atoms with E-state index in [-0.39, 0.29) is 37.5 Å². The highest BCUT2D eigenvalue weighted by molar-refractivity contribution is 8.07. The quantitative estimate of drug-likeness (QED) is 0.166. The summed E-state index contributed by atoms with van der Waals surface area (Å²) in [5.74, 6) is 0.196. The van der Waals surface area contributed by atoms with Crippen molar-refractivity contribution >= 4 is 35.5 Å². The molecule has 2 fully saturated rings. The molecular formula is C34H57N5O6S. The Bertz CT molecular complexity index is 1090. The smallest absolute Gasteiger partial charge is 0.320 e. The van der Waals surface area contributed by atoms with Gasteiger partial charge in [-0.05, 0) is 92.0 Å². The number of benzene rings is 1. The van der Waals surface area contributed by atoms with E-state index in [1.807, 2.05) is 67.2 Å². The molecule has 0 unspecified atom stereocenters. The van der Waals surface area contributed by atoms with Gasteiger partial charge >= 0.3 is 17.9 Å². The molecule has 0 radical (unpaired) electrons. The molecule has 3 rings (SSSR count). The standard InChI is InChI=1S/C34H57N5O6S/c1-32(2,3)43-29(40)23-36-16-14-35(22-27-10-12-28(13-11-27)39-26-46-39)15-17-37(24-30(41)44-33(4,5)6)19-21-38(20-18-36)25-31(42)45-34(7,8)9/h10-13H,14-26H2,1-9H3. The fourth-order valence-electron chi connectivity index (χ4n) is 5.08. The minimum Gasteiger partial charge on any atom is -0.459 e. The first-order valence-electron chi connectivity index (χ1n) is 16.4. The van der Waals surface area contributed by atoms with Crippen molar-refractivity contribution in [1.29, 1.82) is 0 Å². The van der Waals surface area contributed by atoms with Crippen LogP contribution in [0.15, 0.2) is 24.3 Å². The molecule has 0 N–H and O–H groups in total. The van der Waals surface area contributed by atoms with Crippen LogP contribution in [0.25, 0.3) is 0 Å². The van der Waals surface area contributed by atoms with Gasteiger partial charge in [-0.25, -0.2) is 0 Å². The zero-order valence-electron chi connectivity index (χ0n) is 29.6. The van der Waals surface area contributed by atoms with Crippen LogP contribution in [-0.4, -0.2) is 132 Å². The highest BCUT2D eigenvalue weighted by Crippen LogP contribution is 2.35. The summed E-state index contributed by atoms with van der Waals surface area (Å²) in [6.07, 6.45) is 0. The summed E-state index contributed by atoms with van der Waals surface area (Å²) in [5.41, 5.74) is 0.692. The van der Waals surface area contributed by atoms with Crippen LogP contribution in [0, 0.1) is 0 Å². The van der Waals surface area contributed by atoms with Crippen molar-refractivity contribution < 1.29 is 28.6 Å². The third kappa shape index (κ3) is 15.9. The van der Waals surface area contributed by atoms with Gasteiger partial charge < -0.3 is 18.5 Å². The molecule has 0 spiro atoms. The van der Waals surface area contributed by atoms with Gasteiger partial charge in [0.25, 0.3) is 0 Å². The molecule has 2 aliphatic heterocycles. The number of anilines is 1. The number of hydrogen-bond donors (Lipinski definition) is 0. The molecule has 0 aliphatic carbocycles. The molecule has 1 aromatic rings. The highest BCUT2D eigenvalue weighted by atomic mass is 32.2. The van der Waals surface area contributed by atoms with E-state index in [1.54, 1.807) is 11.9 Å². The normalized spacial score (nSPS) is 18.8. The first-order valence-corrected chi connectivity index (χ1v) is 17.3. The summed E-state index contributed by atoms with van der Waals surface area (Å²) in [4.78, 5) is 47.3.